The highest BCUT2D eigenvalue weighted by Gasteiger charge is 2.15. The molecule has 3 nitrogen and oxygen atoms in total. The van der Waals surface area contributed by atoms with Crippen molar-refractivity contribution in [2.45, 2.75) is 17.1 Å². The summed E-state index contributed by atoms with van der Waals surface area (Å²) in [6.45, 7) is 2.48. The van der Waals surface area contributed by atoms with Gasteiger partial charge >= 0.3 is 0 Å². The maximum absolute atomic E-state index is 5.81. The molecule has 1 aromatic heterocycles. The predicted molar refractivity (Wildman–Crippen MR) is 74.1 cm³/mol. The lowest BCUT2D eigenvalue weighted by Crippen LogP contribution is -2.08. The van der Waals surface area contributed by atoms with Crippen molar-refractivity contribution in [2.24, 2.45) is 5.73 Å². The fourth-order valence-corrected chi connectivity index (χ4v) is 2.63. The molecule has 0 fully saturated rings. The SMILES string of the molecule is COc1ccc(SC(CN)c2ccc(C)o2)cc1. The third-order valence-corrected chi connectivity index (χ3v) is 3.88. The van der Waals surface area contributed by atoms with Crippen LogP contribution in [0.3, 0.4) is 0 Å². The van der Waals surface area contributed by atoms with Gasteiger partial charge in [0.05, 0.1) is 12.4 Å². The van der Waals surface area contributed by atoms with E-state index in [0.29, 0.717) is 6.54 Å². The van der Waals surface area contributed by atoms with E-state index in [-0.39, 0.29) is 5.25 Å². The second kappa shape index (κ2) is 5.98. The van der Waals surface area contributed by atoms with Crippen LogP contribution in [-0.4, -0.2) is 13.7 Å². The first kappa shape index (κ1) is 13.1. The van der Waals surface area contributed by atoms with Crippen LogP contribution in [-0.2, 0) is 0 Å². The van der Waals surface area contributed by atoms with Crippen molar-refractivity contribution in [2.75, 3.05) is 13.7 Å². The van der Waals surface area contributed by atoms with Gasteiger partial charge in [-0.3, -0.25) is 0 Å². The molecule has 0 saturated heterocycles. The van der Waals surface area contributed by atoms with Gasteiger partial charge in [0.2, 0.25) is 0 Å². The van der Waals surface area contributed by atoms with Crippen LogP contribution in [0.2, 0.25) is 0 Å². The van der Waals surface area contributed by atoms with Crippen LogP contribution in [0, 0.1) is 6.92 Å². The summed E-state index contributed by atoms with van der Waals surface area (Å²) >= 11 is 1.70. The Morgan fingerprint density at radius 2 is 1.94 bits per heavy atom. The van der Waals surface area contributed by atoms with Crippen LogP contribution >= 0.6 is 11.8 Å². The van der Waals surface area contributed by atoms with Crippen molar-refractivity contribution in [3.8, 4) is 5.75 Å². The lowest BCUT2D eigenvalue weighted by molar-refractivity contribution is 0.414. The van der Waals surface area contributed by atoms with Gasteiger partial charge < -0.3 is 14.9 Å². The Morgan fingerprint density at radius 3 is 2.44 bits per heavy atom. The van der Waals surface area contributed by atoms with E-state index in [1.165, 1.54) is 0 Å². The van der Waals surface area contributed by atoms with Crippen LogP contribution in [0.5, 0.6) is 5.75 Å². The van der Waals surface area contributed by atoms with Gasteiger partial charge in [0.15, 0.2) is 0 Å². The van der Waals surface area contributed by atoms with E-state index in [4.69, 9.17) is 14.9 Å². The average Bonchev–Trinajstić information content (AvgIpc) is 2.83. The highest BCUT2D eigenvalue weighted by Crippen LogP contribution is 2.35. The number of benzene rings is 1. The summed E-state index contributed by atoms with van der Waals surface area (Å²) in [7, 11) is 1.66. The van der Waals surface area contributed by atoms with Gasteiger partial charge in [0.1, 0.15) is 17.3 Å². The number of nitrogens with two attached hydrogens (primary N) is 1. The molecule has 0 aliphatic carbocycles. The van der Waals surface area contributed by atoms with Crippen LogP contribution in [0.25, 0.3) is 0 Å². The number of furan rings is 1. The molecule has 1 heterocycles. The average molecular weight is 263 g/mol. The summed E-state index contributed by atoms with van der Waals surface area (Å²) in [6.07, 6.45) is 0. The highest BCUT2D eigenvalue weighted by atomic mass is 32.2. The minimum absolute atomic E-state index is 0.145. The Hall–Kier alpha value is -1.39. The monoisotopic (exact) mass is 263 g/mol. The smallest absolute Gasteiger partial charge is 0.118 e. The molecular weight excluding hydrogens is 246 g/mol. The minimum Gasteiger partial charge on any atom is -0.497 e. The zero-order chi connectivity index (χ0) is 13.0. The summed E-state index contributed by atoms with van der Waals surface area (Å²) in [4.78, 5) is 1.15. The third-order valence-electron chi connectivity index (χ3n) is 2.63. The second-order valence-electron chi connectivity index (χ2n) is 3.97. The predicted octanol–water partition coefficient (Wildman–Crippen LogP) is 3.39. The van der Waals surface area contributed by atoms with E-state index >= 15 is 0 Å². The Balaban J connectivity index is 2.10. The quantitative estimate of drug-likeness (QED) is 0.840. The molecule has 0 amide bonds. The number of methoxy groups -OCH3 is 1. The van der Waals surface area contributed by atoms with Crippen molar-refractivity contribution in [1.82, 2.24) is 0 Å². The molecule has 4 heteroatoms. The normalized spacial score (nSPS) is 12.4. The molecule has 18 heavy (non-hydrogen) atoms. The van der Waals surface area contributed by atoms with E-state index in [1.54, 1.807) is 18.9 Å². The molecule has 0 saturated carbocycles. The van der Waals surface area contributed by atoms with E-state index in [1.807, 2.05) is 43.3 Å². The van der Waals surface area contributed by atoms with E-state index in [2.05, 4.69) is 0 Å². The fraction of sp³-hybridized carbons (Fsp3) is 0.286. The van der Waals surface area contributed by atoms with Crippen molar-refractivity contribution in [1.29, 1.82) is 0 Å². The van der Waals surface area contributed by atoms with Crippen LogP contribution in [0.15, 0.2) is 45.7 Å². The molecular formula is C14H17NO2S. The molecule has 2 rings (SSSR count). The van der Waals surface area contributed by atoms with Gasteiger partial charge in [-0.15, -0.1) is 11.8 Å². The molecule has 0 aliphatic rings. The zero-order valence-corrected chi connectivity index (χ0v) is 11.4. The van der Waals surface area contributed by atoms with Gasteiger partial charge in [0.25, 0.3) is 0 Å². The minimum atomic E-state index is 0.145. The van der Waals surface area contributed by atoms with Crippen LogP contribution < -0.4 is 10.5 Å². The number of ether oxygens (including phenoxy) is 1. The molecule has 0 spiro atoms. The molecule has 96 valence electrons. The molecule has 1 aromatic carbocycles. The number of rotatable bonds is 5. The van der Waals surface area contributed by atoms with Gasteiger partial charge in [-0.25, -0.2) is 0 Å². The number of thioether (sulfide) groups is 1. The lowest BCUT2D eigenvalue weighted by Gasteiger charge is -2.12. The molecule has 2 aromatic rings. The Morgan fingerprint density at radius 1 is 1.22 bits per heavy atom. The number of hydrogen-bond acceptors (Lipinski definition) is 4. The van der Waals surface area contributed by atoms with Gasteiger partial charge in [0, 0.05) is 11.4 Å². The lowest BCUT2D eigenvalue weighted by atomic mass is 10.3. The van der Waals surface area contributed by atoms with Gasteiger partial charge in [-0.1, -0.05) is 0 Å². The standard InChI is InChI=1S/C14H17NO2S/c1-10-3-8-13(17-10)14(9-15)18-12-6-4-11(16-2)5-7-12/h3-8,14H,9,15H2,1-2H3. The van der Waals surface area contributed by atoms with Crippen molar-refractivity contribution in [3.63, 3.8) is 0 Å². The van der Waals surface area contributed by atoms with Crippen molar-refractivity contribution in [3.05, 3.63) is 47.9 Å². The third kappa shape index (κ3) is 3.09. The maximum atomic E-state index is 5.81. The fourth-order valence-electron chi connectivity index (χ4n) is 1.67. The molecule has 1 atom stereocenters. The Labute approximate surface area is 111 Å². The summed E-state index contributed by atoms with van der Waals surface area (Å²) in [5, 5.41) is 0.145. The number of aryl methyl sites for hydroxylation is 1. The summed E-state index contributed by atoms with van der Waals surface area (Å²) in [5.41, 5.74) is 5.81. The summed E-state index contributed by atoms with van der Waals surface area (Å²) in [5.74, 6) is 2.70. The highest BCUT2D eigenvalue weighted by molar-refractivity contribution is 7.99. The Kier molecular flexibility index (Phi) is 4.33. The topological polar surface area (TPSA) is 48.4 Å². The molecule has 2 N–H and O–H groups in total. The summed E-state index contributed by atoms with van der Waals surface area (Å²) < 4.78 is 10.8. The first-order chi connectivity index (χ1) is 8.72. The number of hydrogen-bond donors (Lipinski definition) is 1. The van der Waals surface area contributed by atoms with Crippen molar-refractivity contribution >= 4 is 11.8 Å². The van der Waals surface area contributed by atoms with Gasteiger partial charge in [-0.2, -0.15) is 0 Å². The molecule has 1 unspecified atom stereocenters. The maximum Gasteiger partial charge on any atom is 0.118 e. The van der Waals surface area contributed by atoms with E-state index in [0.717, 1.165) is 22.2 Å². The van der Waals surface area contributed by atoms with E-state index < -0.39 is 0 Å². The first-order valence-electron chi connectivity index (χ1n) is 5.80. The zero-order valence-electron chi connectivity index (χ0n) is 10.6. The molecule has 0 bridgehead atoms. The molecule has 0 aliphatic heterocycles. The van der Waals surface area contributed by atoms with E-state index in [9.17, 15) is 0 Å². The largest absolute Gasteiger partial charge is 0.497 e. The van der Waals surface area contributed by atoms with Gasteiger partial charge in [-0.05, 0) is 43.3 Å². The first-order valence-corrected chi connectivity index (χ1v) is 6.68. The second-order valence-corrected chi connectivity index (χ2v) is 5.24. The molecule has 0 radical (unpaired) electrons. The Bertz CT molecular complexity index is 493. The van der Waals surface area contributed by atoms with Crippen LogP contribution in [0.4, 0.5) is 0 Å². The van der Waals surface area contributed by atoms with Crippen molar-refractivity contribution < 1.29 is 9.15 Å². The van der Waals surface area contributed by atoms with Crippen LogP contribution in [0.1, 0.15) is 16.8 Å². The summed E-state index contributed by atoms with van der Waals surface area (Å²) in [6, 6.07) is 11.9.